The van der Waals surface area contributed by atoms with Crippen LogP contribution < -0.4 is 9.46 Å². The Hall–Kier alpha value is -3.11. The van der Waals surface area contributed by atoms with E-state index < -0.39 is 22.2 Å². The molecule has 0 unspecified atom stereocenters. The van der Waals surface area contributed by atoms with Crippen molar-refractivity contribution < 1.29 is 30.7 Å². The summed E-state index contributed by atoms with van der Waals surface area (Å²) < 4.78 is 84.3. The number of fused-ring (bicyclic) bond motifs is 1. The van der Waals surface area contributed by atoms with Crippen molar-refractivity contribution in [1.82, 2.24) is 4.90 Å². The minimum atomic E-state index is -4.73. The molecule has 3 aromatic carbocycles. The van der Waals surface area contributed by atoms with Crippen molar-refractivity contribution in [2.45, 2.75) is 76.2 Å². The van der Waals surface area contributed by atoms with Crippen molar-refractivity contribution in [3.8, 4) is 5.75 Å². The van der Waals surface area contributed by atoms with E-state index in [1.807, 2.05) is 0 Å². The fourth-order valence-corrected chi connectivity index (χ4v) is 6.00. The Kier molecular flexibility index (Phi) is 9.73. The maximum Gasteiger partial charge on any atom is 0.573 e. The van der Waals surface area contributed by atoms with Crippen LogP contribution in [0.25, 0.3) is 0 Å². The third-order valence-corrected chi connectivity index (χ3v) is 8.35. The zero-order valence-corrected chi connectivity index (χ0v) is 23.3. The topological polar surface area (TPSA) is 58.6 Å². The van der Waals surface area contributed by atoms with Gasteiger partial charge in [-0.05, 0) is 77.9 Å². The molecular weight excluding hydrogens is 544 g/mol. The van der Waals surface area contributed by atoms with E-state index in [2.05, 4.69) is 21.3 Å². The van der Waals surface area contributed by atoms with Crippen LogP contribution in [0.4, 0.5) is 23.2 Å². The fourth-order valence-electron chi connectivity index (χ4n) is 4.88. The van der Waals surface area contributed by atoms with Gasteiger partial charge in [0.05, 0.1) is 10.6 Å². The SMILES string of the molecule is CCCCCCCc1ccc(NS(=O)(=O)c2ccc3c(c2)CCN(Cc2ccc(OC(F)(F)F)cc2)C3)c(F)c1. The second-order valence-electron chi connectivity index (χ2n) is 10.2. The summed E-state index contributed by atoms with van der Waals surface area (Å²) >= 11 is 0. The average molecular weight is 579 g/mol. The molecule has 0 spiro atoms. The van der Waals surface area contributed by atoms with Gasteiger partial charge in [-0.25, -0.2) is 12.8 Å². The molecular formula is C30H34F4N2O3S. The number of hydrogen-bond donors (Lipinski definition) is 1. The highest BCUT2D eigenvalue weighted by Crippen LogP contribution is 2.27. The summed E-state index contributed by atoms with van der Waals surface area (Å²) in [5.74, 6) is -0.863. The van der Waals surface area contributed by atoms with Gasteiger partial charge in [0.2, 0.25) is 0 Å². The highest BCUT2D eigenvalue weighted by Gasteiger charge is 2.31. The van der Waals surface area contributed by atoms with E-state index in [9.17, 15) is 26.0 Å². The number of ether oxygens (including phenoxy) is 1. The van der Waals surface area contributed by atoms with Gasteiger partial charge in [-0.3, -0.25) is 9.62 Å². The van der Waals surface area contributed by atoms with Gasteiger partial charge in [-0.15, -0.1) is 13.2 Å². The quantitative estimate of drug-likeness (QED) is 0.178. The van der Waals surface area contributed by atoms with Crippen LogP contribution in [-0.4, -0.2) is 26.2 Å². The van der Waals surface area contributed by atoms with Crippen molar-refractivity contribution in [2.24, 2.45) is 0 Å². The Labute approximate surface area is 233 Å². The van der Waals surface area contributed by atoms with Crippen LogP contribution in [0, 0.1) is 5.82 Å². The Morgan fingerprint density at radius 3 is 2.33 bits per heavy atom. The summed E-state index contributed by atoms with van der Waals surface area (Å²) in [5, 5.41) is 0. The molecule has 1 heterocycles. The molecule has 4 rings (SSSR count). The van der Waals surface area contributed by atoms with Crippen LogP contribution >= 0.6 is 0 Å². The molecule has 0 aliphatic carbocycles. The van der Waals surface area contributed by atoms with Gasteiger partial charge in [0.25, 0.3) is 10.0 Å². The Morgan fingerprint density at radius 2 is 1.62 bits per heavy atom. The first-order chi connectivity index (χ1) is 19.0. The molecule has 0 saturated carbocycles. The number of anilines is 1. The maximum atomic E-state index is 14.7. The Morgan fingerprint density at radius 1 is 0.900 bits per heavy atom. The number of nitrogens with zero attached hydrogens (tertiary/aromatic N) is 1. The van der Waals surface area contributed by atoms with E-state index in [1.165, 1.54) is 36.8 Å². The zero-order chi connectivity index (χ0) is 28.8. The smallest absolute Gasteiger partial charge is 0.406 e. The highest BCUT2D eigenvalue weighted by molar-refractivity contribution is 7.92. The van der Waals surface area contributed by atoms with E-state index in [1.54, 1.807) is 30.3 Å². The number of nitrogens with one attached hydrogen (secondary N) is 1. The second-order valence-corrected chi connectivity index (χ2v) is 11.8. The van der Waals surface area contributed by atoms with E-state index in [-0.39, 0.29) is 16.3 Å². The minimum absolute atomic E-state index is 0.0688. The zero-order valence-electron chi connectivity index (χ0n) is 22.4. The van der Waals surface area contributed by atoms with E-state index in [0.717, 1.165) is 54.4 Å². The molecule has 0 amide bonds. The third-order valence-electron chi connectivity index (χ3n) is 6.99. The first-order valence-electron chi connectivity index (χ1n) is 13.5. The predicted molar refractivity (Wildman–Crippen MR) is 147 cm³/mol. The van der Waals surface area contributed by atoms with Crippen LogP contribution in [0.15, 0.2) is 65.6 Å². The second kappa shape index (κ2) is 13.0. The molecule has 216 valence electrons. The van der Waals surface area contributed by atoms with Gasteiger partial charge in [0.15, 0.2) is 0 Å². The molecule has 1 N–H and O–H groups in total. The molecule has 0 aromatic heterocycles. The van der Waals surface area contributed by atoms with Crippen molar-refractivity contribution >= 4 is 15.7 Å². The van der Waals surface area contributed by atoms with Gasteiger partial charge < -0.3 is 4.74 Å². The largest absolute Gasteiger partial charge is 0.573 e. The highest BCUT2D eigenvalue weighted by atomic mass is 32.2. The lowest BCUT2D eigenvalue weighted by Gasteiger charge is -2.29. The van der Waals surface area contributed by atoms with Crippen LogP contribution in [0.3, 0.4) is 0 Å². The van der Waals surface area contributed by atoms with E-state index >= 15 is 0 Å². The molecule has 40 heavy (non-hydrogen) atoms. The Balaban J connectivity index is 1.35. The monoisotopic (exact) mass is 578 g/mol. The molecule has 1 aliphatic rings. The number of benzene rings is 3. The van der Waals surface area contributed by atoms with Crippen molar-refractivity contribution in [1.29, 1.82) is 0 Å². The summed E-state index contributed by atoms with van der Waals surface area (Å²) in [6.45, 7) is 3.90. The molecule has 0 saturated heterocycles. The first kappa shape index (κ1) is 29.9. The number of unbranched alkanes of at least 4 members (excludes halogenated alkanes) is 4. The van der Waals surface area contributed by atoms with Crippen LogP contribution in [0.2, 0.25) is 0 Å². The summed E-state index contributed by atoms with van der Waals surface area (Å²) in [4.78, 5) is 2.20. The van der Waals surface area contributed by atoms with Crippen LogP contribution in [-0.2, 0) is 36.0 Å². The first-order valence-corrected chi connectivity index (χ1v) is 15.0. The molecule has 0 atom stereocenters. The number of sulfonamides is 1. The molecule has 5 nitrogen and oxygen atoms in total. The van der Waals surface area contributed by atoms with Crippen molar-refractivity contribution in [3.63, 3.8) is 0 Å². The van der Waals surface area contributed by atoms with Gasteiger partial charge in [0, 0.05) is 19.6 Å². The number of rotatable bonds is 12. The fraction of sp³-hybridized carbons (Fsp3) is 0.400. The number of alkyl halides is 3. The Bertz CT molecular complexity index is 1390. The average Bonchev–Trinajstić information content (AvgIpc) is 2.90. The molecule has 10 heteroatoms. The molecule has 0 radical (unpaired) electrons. The summed E-state index contributed by atoms with van der Waals surface area (Å²) in [5.41, 5.74) is 3.47. The lowest BCUT2D eigenvalue weighted by Crippen LogP contribution is -2.30. The normalized spacial score (nSPS) is 14.1. The van der Waals surface area contributed by atoms with Gasteiger partial charge in [0.1, 0.15) is 11.6 Å². The summed E-state index contributed by atoms with van der Waals surface area (Å²) in [6.07, 6.45) is 2.21. The minimum Gasteiger partial charge on any atom is -0.406 e. The number of hydrogen-bond acceptors (Lipinski definition) is 4. The third kappa shape index (κ3) is 8.44. The predicted octanol–water partition coefficient (Wildman–Crippen LogP) is 7.60. The molecule has 0 bridgehead atoms. The lowest BCUT2D eigenvalue weighted by atomic mass is 9.99. The van der Waals surface area contributed by atoms with Crippen molar-refractivity contribution in [2.75, 3.05) is 11.3 Å². The molecule has 1 aliphatic heterocycles. The van der Waals surface area contributed by atoms with E-state index in [4.69, 9.17) is 0 Å². The standard InChI is InChI=1S/C30H34F4N2O3S/c1-2-3-4-5-6-7-22-10-15-29(28(31)18-22)35-40(37,38)27-14-11-25-21-36(17-16-24(25)19-27)20-23-8-12-26(13-9-23)39-30(32,33)34/h8-15,18-19,35H,2-7,16-17,20-21H2,1H3. The van der Waals surface area contributed by atoms with Gasteiger partial charge >= 0.3 is 6.36 Å². The number of aryl methyl sites for hydroxylation is 1. The summed E-state index contributed by atoms with van der Waals surface area (Å²) in [6, 6.07) is 15.3. The van der Waals surface area contributed by atoms with Crippen LogP contribution in [0.1, 0.15) is 61.3 Å². The summed E-state index contributed by atoms with van der Waals surface area (Å²) in [7, 11) is -3.98. The van der Waals surface area contributed by atoms with Gasteiger partial charge in [-0.2, -0.15) is 0 Å². The molecule has 3 aromatic rings. The lowest BCUT2D eigenvalue weighted by molar-refractivity contribution is -0.274. The van der Waals surface area contributed by atoms with E-state index in [0.29, 0.717) is 26.1 Å². The number of halogens is 4. The van der Waals surface area contributed by atoms with Crippen molar-refractivity contribution in [3.05, 3.63) is 88.7 Å². The van der Waals surface area contributed by atoms with Gasteiger partial charge in [-0.1, -0.05) is 56.9 Å². The molecule has 0 fully saturated rings. The van der Waals surface area contributed by atoms with Crippen LogP contribution in [0.5, 0.6) is 5.75 Å². The maximum absolute atomic E-state index is 14.7.